The fourth-order valence-corrected chi connectivity index (χ4v) is 1.64. The molecule has 2 rings (SSSR count). The van der Waals surface area contributed by atoms with E-state index >= 15 is 0 Å². The SMILES string of the molecule is COc1ccc(CNCCOc2ccccn2)cc1. The van der Waals surface area contributed by atoms with E-state index in [0.717, 1.165) is 18.8 Å². The number of nitrogens with one attached hydrogen (secondary N) is 1. The molecule has 0 radical (unpaired) electrons. The molecule has 1 aromatic heterocycles. The van der Waals surface area contributed by atoms with Crippen molar-refractivity contribution in [2.24, 2.45) is 0 Å². The predicted molar refractivity (Wildman–Crippen MR) is 74.4 cm³/mol. The molecule has 0 bridgehead atoms. The molecule has 0 aliphatic carbocycles. The second-order valence-electron chi connectivity index (χ2n) is 4.04. The first-order valence-corrected chi connectivity index (χ1v) is 6.26. The normalized spacial score (nSPS) is 10.2. The van der Waals surface area contributed by atoms with Crippen molar-refractivity contribution in [3.8, 4) is 11.6 Å². The molecule has 0 unspecified atom stereocenters. The minimum Gasteiger partial charge on any atom is -0.497 e. The average Bonchev–Trinajstić information content (AvgIpc) is 2.49. The number of rotatable bonds is 7. The number of benzene rings is 1. The standard InChI is InChI=1S/C15H18N2O2/c1-18-14-7-5-13(6-8-14)12-16-10-11-19-15-4-2-3-9-17-15/h2-9,16H,10-12H2,1H3. The quantitative estimate of drug-likeness (QED) is 0.774. The Labute approximate surface area is 113 Å². The Hall–Kier alpha value is -2.07. The van der Waals surface area contributed by atoms with E-state index in [1.807, 2.05) is 42.5 Å². The van der Waals surface area contributed by atoms with Crippen molar-refractivity contribution in [2.75, 3.05) is 20.3 Å². The third-order valence-electron chi connectivity index (χ3n) is 2.65. The van der Waals surface area contributed by atoms with Crippen LogP contribution in [0.4, 0.5) is 0 Å². The van der Waals surface area contributed by atoms with E-state index in [1.165, 1.54) is 5.56 Å². The molecule has 0 aliphatic heterocycles. The molecule has 4 heteroatoms. The van der Waals surface area contributed by atoms with Gasteiger partial charge in [-0.3, -0.25) is 0 Å². The van der Waals surface area contributed by atoms with Gasteiger partial charge in [-0.25, -0.2) is 4.98 Å². The van der Waals surface area contributed by atoms with Crippen LogP contribution in [0.25, 0.3) is 0 Å². The minimum atomic E-state index is 0.604. The van der Waals surface area contributed by atoms with Gasteiger partial charge in [0.05, 0.1) is 7.11 Å². The van der Waals surface area contributed by atoms with Gasteiger partial charge in [0.25, 0.3) is 0 Å². The summed E-state index contributed by atoms with van der Waals surface area (Å²) in [4.78, 5) is 4.09. The van der Waals surface area contributed by atoms with E-state index in [2.05, 4.69) is 10.3 Å². The molecule has 0 saturated heterocycles. The second kappa shape index (κ2) is 7.38. The van der Waals surface area contributed by atoms with Crippen molar-refractivity contribution in [2.45, 2.75) is 6.54 Å². The van der Waals surface area contributed by atoms with Gasteiger partial charge in [-0.2, -0.15) is 0 Å². The van der Waals surface area contributed by atoms with Crippen LogP contribution >= 0.6 is 0 Å². The zero-order chi connectivity index (χ0) is 13.3. The van der Waals surface area contributed by atoms with Crippen LogP contribution in [0.5, 0.6) is 11.6 Å². The van der Waals surface area contributed by atoms with Gasteiger partial charge in [0.15, 0.2) is 0 Å². The Morgan fingerprint density at radius 1 is 1.11 bits per heavy atom. The van der Waals surface area contributed by atoms with E-state index in [4.69, 9.17) is 9.47 Å². The van der Waals surface area contributed by atoms with Gasteiger partial charge >= 0.3 is 0 Å². The van der Waals surface area contributed by atoms with E-state index < -0.39 is 0 Å². The van der Waals surface area contributed by atoms with E-state index in [-0.39, 0.29) is 0 Å². The summed E-state index contributed by atoms with van der Waals surface area (Å²) >= 11 is 0. The maximum Gasteiger partial charge on any atom is 0.213 e. The molecule has 2 aromatic rings. The number of hydrogen-bond donors (Lipinski definition) is 1. The van der Waals surface area contributed by atoms with Crippen LogP contribution in [-0.4, -0.2) is 25.2 Å². The molecular formula is C15H18N2O2. The van der Waals surface area contributed by atoms with Crippen LogP contribution < -0.4 is 14.8 Å². The predicted octanol–water partition coefficient (Wildman–Crippen LogP) is 2.26. The summed E-state index contributed by atoms with van der Waals surface area (Å²) in [5.74, 6) is 1.54. The number of nitrogens with zero attached hydrogens (tertiary/aromatic N) is 1. The smallest absolute Gasteiger partial charge is 0.213 e. The lowest BCUT2D eigenvalue weighted by molar-refractivity contribution is 0.302. The Kier molecular flexibility index (Phi) is 5.19. The van der Waals surface area contributed by atoms with Crippen LogP contribution in [-0.2, 0) is 6.54 Å². The second-order valence-corrected chi connectivity index (χ2v) is 4.04. The summed E-state index contributed by atoms with van der Waals surface area (Å²) in [6.07, 6.45) is 1.72. The fourth-order valence-electron chi connectivity index (χ4n) is 1.64. The van der Waals surface area contributed by atoms with E-state index in [9.17, 15) is 0 Å². The molecule has 4 nitrogen and oxygen atoms in total. The summed E-state index contributed by atoms with van der Waals surface area (Å²) in [5.41, 5.74) is 1.22. The van der Waals surface area contributed by atoms with Gasteiger partial charge in [-0.15, -0.1) is 0 Å². The van der Waals surface area contributed by atoms with Crippen molar-refractivity contribution in [1.29, 1.82) is 0 Å². The van der Waals surface area contributed by atoms with Gasteiger partial charge in [0, 0.05) is 25.4 Å². The highest BCUT2D eigenvalue weighted by molar-refractivity contribution is 5.26. The average molecular weight is 258 g/mol. The highest BCUT2D eigenvalue weighted by atomic mass is 16.5. The van der Waals surface area contributed by atoms with Gasteiger partial charge in [-0.05, 0) is 23.8 Å². The zero-order valence-electron chi connectivity index (χ0n) is 11.0. The third-order valence-corrected chi connectivity index (χ3v) is 2.65. The molecule has 1 heterocycles. The van der Waals surface area contributed by atoms with Crippen molar-refractivity contribution in [1.82, 2.24) is 10.3 Å². The molecule has 0 fully saturated rings. The summed E-state index contributed by atoms with van der Waals surface area (Å²) in [6, 6.07) is 13.6. The molecule has 0 amide bonds. The molecular weight excluding hydrogens is 240 g/mol. The number of aromatic nitrogens is 1. The van der Waals surface area contributed by atoms with Crippen LogP contribution in [0.15, 0.2) is 48.7 Å². The maximum absolute atomic E-state index is 5.49. The zero-order valence-corrected chi connectivity index (χ0v) is 11.0. The minimum absolute atomic E-state index is 0.604. The number of hydrogen-bond acceptors (Lipinski definition) is 4. The molecule has 0 aliphatic rings. The Balaban J connectivity index is 1.63. The molecule has 100 valence electrons. The first-order chi connectivity index (χ1) is 9.38. The van der Waals surface area contributed by atoms with Crippen LogP contribution in [0.3, 0.4) is 0 Å². The number of ether oxygens (including phenoxy) is 2. The van der Waals surface area contributed by atoms with Gasteiger partial charge in [0.1, 0.15) is 12.4 Å². The number of methoxy groups -OCH3 is 1. The topological polar surface area (TPSA) is 43.4 Å². The first-order valence-electron chi connectivity index (χ1n) is 6.26. The Morgan fingerprint density at radius 2 is 1.95 bits per heavy atom. The highest BCUT2D eigenvalue weighted by Crippen LogP contribution is 2.10. The third kappa shape index (κ3) is 4.60. The molecule has 19 heavy (non-hydrogen) atoms. The van der Waals surface area contributed by atoms with Crippen LogP contribution in [0.2, 0.25) is 0 Å². The lowest BCUT2D eigenvalue weighted by Gasteiger charge is -2.07. The molecule has 0 atom stereocenters. The summed E-state index contributed by atoms with van der Waals surface area (Å²) in [7, 11) is 1.67. The lowest BCUT2D eigenvalue weighted by atomic mass is 10.2. The summed E-state index contributed by atoms with van der Waals surface area (Å²) in [6.45, 7) is 2.20. The van der Waals surface area contributed by atoms with Gasteiger partial charge in [-0.1, -0.05) is 18.2 Å². The summed E-state index contributed by atoms with van der Waals surface area (Å²) in [5, 5.41) is 3.32. The van der Waals surface area contributed by atoms with E-state index in [0.29, 0.717) is 12.5 Å². The van der Waals surface area contributed by atoms with Crippen molar-refractivity contribution in [3.05, 3.63) is 54.2 Å². The Morgan fingerprint density at radius 3 is 2.63 bits per heavy atom. The van der Waals surface area contributed by atoms with Crippen molar-refractivity contribution < 1.29 is 9.47 Å². The van der Waals surface area contributed by atoms with Crippen LogP contribution in [0.1, 0.15) is 5.56 Å². The molecule has 0 spiro atoms. The Bertz CT molecular complexity index is 471. The van der Waals surface area contributed by atoms with Gasteiger partial charge in [0.2, 0.25) is 5.88 Å². The first kappa shape index (κ1) is 13.4. The fraction of sp³-hybridized carbons (Fsp3) is 0.267. The van der Waals surface area contributed by atoms with Crippen LogP contribution in [0, 0.1) is 0 Å². The molecule has 0 saturated carbocycles. The van der Waals surface area contributed by atoms with Crippen molar-refractivity contribution in [3.63, 3.8) is 0 Å². The monoisotopic (exact) mass is 258 g/mol. The molecule has 1 N–H and O–H groups in total. The van der Waals surface area contributed by atoms with Gasteiger partial charge < -0.3 is 14.8 Å². The number of pyridine rings is 1. The van der Waals surface area contributed by atoms with E-state index in [1.54, 1.807) is 13.3 Å². The molecule has 1 aromatic carbocycles. The highest BCUT2D eigenvalue weighted by Gasteiger charge is 1.95. The summed E-state index contributed by atoms with van der Waals surface area (Å²) < 4.78 is 10.6. The lowest BCUT2D eigenvalue weighted by Crippen LogP contribution is -2.20. The largest absolute Gasteiger partial charge is 0.497 e. The maximum atomic E-state index is 5.49. The van der Waals surface area contributed by atoms with Crippen molar-refractivity contribution >= 4 is 0 Å².